The molecule has 1 saturated carbocycles. The molecule has 0 aromatic heterocycles. The SMILES string of the molecule is COC(=O)C(CC1CC(F)C1)C(=O)O. The maximum absolute atomic E-state index is 12.4. The van der Waals surface area contributed by atoms with Crippen molar-refractivity contribution >= 4 is 11.9 Å². The van der Waals surface area contributed by atoms with Crippen LogP contribution in [0, 0.1) is 11.8 Å². The van der Waals surface area contributed by atoms with Crippen molar-refractivity contribution < 1.29 is 23.8 Å². The van der Waals surface area contributed by atoms with Crippen molar-refractivity contribution in [2.75, 3.05) is 7.11 Å². The Kier molecular flexibility index (Phi) is 3.43. The second-order valence-electron chi connectivity index (χ2n) is 3.58. The molecular formula is C9H13FO4. The van der Waals surface area contributed by atoms with Gasteiger partial charge in [0, 0.05) is 0 Å². The largest absolute Gasteiger partial charge is 0.481 e. The summed E-state index contributed by atoms with van der Waals surface area (Å²) in [5, 5.41) is 8.71. The third-order valence-electron chi connectivity index (χ3n) is 2.53. The molecule has 1 unspecified atom stereocenters. The van der Waals surface area contributed by atoms with Crippen molar-refractivity contribution in [3.05, 3.63) is 0 Å². The predicted molar refractivity (Wildman–Crippen MR) is 45.4 cm³/mol. The highest BCUT2D eigenvalue weighted by Crippen LogP contribution is 2.35. The molecule has 4 nitrogen and oxygen atoms in total. The molecule has 0 spiro atoms. The molecule has 0 amide bonds. The standard InChI is InChI=1S/C9H13FO4/c1-14-9(13)7(8(11)12)4-5-2-6(10)3-5/h5-7H,2-4H2,1H3,(H,11,12). The molecular weight excluding hydrogens is 191 g/mol. The summed E-state index contributed by atoms with van der Waals surface area (Å²) in [6.45, 7) is 0. The number of carbonyl (C=O) groups is 2. The number of aliphatic carboxylic acids is 1. The average molecular weight is 204 g/mol. The van der Waals surface area contributed by atoms with Crippen LogP contribution in [0.1, 0.15) is 19.3 Å². The number of carbonyl (C=O) groups excluding carboxylic acids is 1. The quantitative estimate of drug-likeness (QED) is 0.548. The normalized spacial score (nSPS) is 27.6. The van der Waals surface area contributed by atoms with E-state index in [1.54, 1.807) is 0 Å². The van der Waals surface area contributed by atoms with Crippen LogP contribution in [0.5, 0.6) is 0 Å². The molecule has 1 aliphatic rings. The van der Waals surface area contributed by atoms with Gasteiger partial charge in [-0.1, -0.05) is 0 Å². The number of hydrogen-bond donors (Lipinski definition) is 1. The van der Waals surface area contributed by atoms with Crippen LogP contribution in [-0.4, -0.2) is 30.3 Å². The van der Waals surface area contributed by atoms with Crippen LogP contribution >= 0.6 is 0 Å². The number of carboxylic acid groups (broad SMARTS) is 1. The Morgan fingerprint density at radius 2 is 2.14 bits per heavy atom. The van der Waals surface area contributed by atoms with Gasteiger partial charge in [0.05, 0.1) is 7.11 Å². The van der Waals surface area contributed by atoms with Crippen LogP contribution < -0.4 is 0 Å². The number of rotatable bonds is 4. The summed E-state index contributed by atoms with van der Waals surface area (Å²) in [7, 11) is 1.15. The molecule has 1 aliphatic carbocycles. The molecule has 0 radical (unpaired) electrons. The van der Waals surface area contributed by atoms with Crippen molar-refractivity contribution in [1.82, 2.24) is 0 Å². The van der Waals surface area contributed by atoms with Crippen LogP contribution in [-0.2, 0) is 14.3 Å². The minimum absolute atomic E-state index is 0.00481. The van der Waals surface area contributed by atoms with Gasteiger partial charge in [-0.2, -0.15) is 0 Å². The van der Waals surface area contributed by atoms with Crippen LogP contribution in [0.15, 0.2) is 0 Å². The Labute approximate surface area is 81.0 Å². The van der Waals surface area contributed by atoms with Gasteiger partial charge in [0.2, 0.25) is 0 Å². The highest BCUT2D eigenvalue weighted by atomic mass is 19.1. The highest BCUT2D eigenvalue weighted by Gasteiger charge is 2.36. The fraction of sp³-hybridized carbons (Fsp3) is 0.778. The van der Waals surface area contributed by atoms with Gasteiger partial charge >= 0.3 is 11.9 Å². The molecule has 14 heavy (non-hydrogen) atoms. The minimum atomic E-state index is -1.20. The van der Waals surface area contributed by atoms with E-state index in [0.717, 1.165) is 7.11 Å². The number of esters is 1. The minimum Gasteiger partial charge on any atom is -0.481 e. The maximum atomic E-state index is 12.4. The lowest BCUT2D eigenvalue weighted by atomic mass is 9.77. The van der Waals surface area contributed by atoms with Crippen molar-refractivity contribution in [1.29, 1.82) is 0 Å². The Morgan fingerprint density at radius 3 is 2.50 bits per heavy atom. The van der Waals surface area contributed by atoms with Gasteiger partial charge in [0.25, 0.3) is 0 Å². The summed E-state index contributed by atoms with van der Waals surface area (Å²) in [5.74, 6) is -3.08. The van der Waals surface area contributed by atoms with E-state index in [9.17, 15) is 14.0 Å². The van der Waals surface area contributed by atoms with Gasteiger partial charge in [0.15, 0.2) is 5.92 Å². The van der Waals surface area contributed by atoms with Crippen molar-refractivity contribution in [3.63, 3.8) is 0 Å². The van der Waals surface area contributed by atoms with Crippen LogP contribution in [0.3, 0.4) is 0 Å². The molecule has 0 heterocycles. The lowest BCUT2D eigenvalue weighted by Gasteiger charge is -2.30. The van der Waals surface area contributed by atoms with E-state index in [1.165, 1.54) is 0 Å². The summed E-state index contributed by atoms with van der Waals surface area (Å²) in [6.07, 6.45) is 0.0800. The van der Waals surface area contributed by atoms with Crippen molar-refractivity contribution in [3.8, 4) is 0 Å². The number of hydrogen-bond acceptors (Lipinski definition) is 3. The number of ether oxygens (including phenoxy) is 1. The molecule has 1 N–H and O–H groups in total. The third kappa shape index (κ3) is 2.43. The van der Waals surface area contributed by atoms with Crippen LogP contribution in [0.25, 0.3) is 0 Å². The first kappa shape index (κ1) is 10.9. The highest BCUT2D eigenvalue weighted by molar-refractivity contribution is 5.93. The Balaban J connectivity index is 2.44. The van der Waals surface area contributed by atoms with E-state index in [2.05, 4.69) is 4.74 Å². The monoisotopic (exact) mass is 204 g/mol. The summed E-state index contributed by atoms with van der Waals surface area (Å²) < 4.78 is 16.8. The first-order valence-corrected chi connectivity index (χ1v) is 4.49. The zero-order chi connectivity index (χ0) is 10.7. The fourth-order valence-corrected chi connectivity index (χ4v) is 1.62. The summed E-state index contributed by atoms with van der Waals surface area (Å²) >= 11 is 0. The molecule has 0 aliphatic heterocycles. The number of halogens is 1. The maximum Gasteiger partial charge on any atom is 0.320 e. The van der Waals surface area contributed by atoms with E-state index < -0.39 is 24.0 Å². The first-order chi connectivity index (χ1) is 6.54. The summed E-state index contributed by atoms with van der Waals surface area (Å²) in [4.78, 5) is 21.7. The van der Waals surface area contributed by atoms with E-state index in [0.29, 0.717) is 12.8 Å². The first-order valence-electron chi connectivity index (χ1n) is 4.49. The Hall–Kier alpha value is -1.13. The van der Waals surface area contributed by atoms with Crippen molar-refractivity contribution in [2.45, 2.75) is 25.4 Å². The van der Waals surface area contributed by atoms with Gasteiger partial charge in [0.1, 0.15) is 6.17 Å². The molecule has 1 fully saturated rings. The van der Waals surface area contributed by atoms with Gasteiger partial charge < -0.3 is 9.84 Å². The number of carboxylic acids is 1. The topological polar surface area (TPSA) is 63.6 Å². The van der Waals surface area contributed by atoms with E-state index in [4.69, 9.17) is 5.11 Å². The molecule has 80 valence electrons. The van der Waals surface area contributed by atoms with Gasteiger partial charge in [-0.15, -0.1) is 0 Å². The summed E-state index contributed by atoms with van der Waals surface area (Å²) in [6, 6.07) is 0. The number of alkyl halides is 1. The smallest absolute Gasteiger partial charge is 0.320 e. The predicted octanol–water partition coefficient (Wildman–Crippen LogP) is 0.998. The molecule has 0 bridgehead atoms. The second-order valence-corrected chi connectivity index (χ2v) is 3.58. The van der Waals surface area contributed by atoms with Crippen LogP contribution in [0.4, 0.5) is 4.39 Å². The van der Waals surface area contributed by atoms with E-state index in [1.807, 2.05) is 0 Å². The molecule has 0 aromatic carbocycles. The molecule has 1 rings (SSSR count). The van der Waals surface area contributed by atoms with Crippen molar-refractivity contribution in [2.24, 2.45) is 11.8 Å². The Bertz CT molecular complexity index is 235. The molecule has 0 saturated heterocycles. The lowest BCUT2D eigenvalue weighted by Crippen LogP contribution is -2.33. The fourth-order valence-electron chi connectivity index (χ4n) is 1.62. The molecule has 0 aromatic rings. The van der Waals surface area contributed by atoms with Gasteiger partial charge in [-0.25, -0.2) is 4.39 Å². The second kappa shape index (κ2) is 4.39. The Morgan fingerprint density at radius 1 is 1.57 bits per heavy atom. The molecule has 1 atom stereocenters. The average Bonchev–Trinajstić information content (AvgIpc) is 2.08. The zero-order valence-corrected chi connectivity index (χ0v) is 7.90. The van der Waals surface area contributed by atoms with Gasteiger partial charge in [-0.3, -0.25) is 9.59 Å². The number of methoxy groups -OCH3 is 1. The zero-order valence-electron chi connectivity index (χ0n) is 7.90. The third-order valence-corrected chi connectivity index (χ3v) is 2.53. The van der Waals surface area contributed by atoms with Crippen LogP contribution in [0.2, 0.25) is 0 Å². The van der Waals surface area contributed by atoms with Gasteiger partial charge in [-0.05, 0) is 25.2 Å². The summed E-state index contributed by atoms with van der Waals surface area (Å²) in [5.41, 5.74) is 0. The van der Waals surface area contributed by atoms with E-state index in [-0.39, 0.29) is 12.3 Å². The molecule has 5 heteroatoms. The van der Waals surface area contributed by atoms with E-state index >= 15 is 0 Å². The lowest BCUT2D eigenvalue weighted by molar-refractivity contribution is -0.158.